The van der Waals surface area contributed by atoms with E-state index in [4.69, 9.17) is 4.98 Å². The number of anilines is 2. The number of aromatic nitrogens is 2. The Hall–Kier alpha value is -4.12. The molecule has 1 saturated carbocycles. The molecule has 2 aromatic heterocycles. The number of hydrogen-bond acceptors (Lipinski definition) is 7. The Balaban J connectivity index is 1.29. The zero-order valence-corrected chi connectivity index (χ0v) is 23.3. The molecule has 0 radical (unpaired) electrons. The number of aliphatic carboxylic acids is 1. The molecule has 41 heavy (non-hydrogen) atoms. The van der Waals surface area contributed by atoms with Crippen LogP contribution in [0.25, 0.3) is 22.4 Å². The lowest BCUT2D eigenvalue weighted by Crippen LogP contribution is -2.46. The number of benzene rings is 1. The van der Waals surface area contributed by atoms with Crippen LogP contribution < -0.4 is 15.1 Å². The van der Waals surface area contributed by atoms with Crippen molar-refractivity contribution in [2.45, 2.75) is 51.0 Å². The number of pyridine rings is 1. The maximum Gasteiger partial charge on any atom is 0.304 e. The van der Waals surface area contributed by atoms with Gasteiger partial charge in [0, 0.05) is 41.7 Å². The predicted octanol–water partition coefficient (Wildman–Crippen LogP) is 4.11. The number of amides is 3. The van der Waals surface area contributed by atoms with Gasteiger partial charge < -0.3 is 10.4 Å². The monoisotopic (exact) mass is 573 g/mol. The van der Waals surface area contributed by atoms with Crippen molar-refractivity contribution in [3.05, 3.63) is 48.0 Å². The molecule has 3 fully saturated rings. The standard InChI is InChI=1S/C30H31N5O5S/c36-25-16-35(29(40)22(14-27(38)39)28(33-25)18-6-1-2-7-18)30-32-23(17-41-30)21-9-4-3-8-20(21)19-11-12-24(31-15-19)34-13-5-10-26(34)37/h3-4,8-9,11-12,15,17-18,22,28H,1-2,5-7,10,13-14,16H2,(H,33,36)(H,38,39). The quantitative estimate of drug-likeness (QED) is 0.435. The fourth-order valence-electron chi connectivity index (χ4n) is 6.30. The van der Waals surface area contributed by atoms with Gasteiger partial charge >= 0.3 is 5.97 Å². The molecular weight excluding hydrogens is 542 g/mol. The van der Waals surface area contributed by atoms with Crippen LogP contribution in [0.1, 0.15) is 44.9 Å². The van der Waals surface area contributed by atoms with E-state index in [9.17, 15) is 24.3 Å². The summed E-state index contributed by atoms with van der Waals surface area (Å²) in [6.45, 7) is 0.471. The van der Waals surface area contributed by atoms with Gasteiger partial charge in [-0.3, -0.25) is 29.0 Å². The number of rotatable bonds is 7. The summed E-state index contributed by atoms with van der Waals surface area (Å²) in [4.78, 5) is 63.0. The first-order valence-corrected chi connectivity index (χ1v) is 14.9. The molecule has 2 saturated heterocycles. The highest BCUT2D eigenvalue weighted by molar-refractivity contribution is 7.14. The Kier molecular flexibility index (Phi) is 7.53. The largest absolute Gasteiger partial charge is 0.481 e. The molecule has 0 bridgehead atoms. The number of nitrogens with zero attached hydrogens (tertiary/aromatic N) is 4. The van der Waals surface area contributed by atoms with Gasteiger partial charge in [0.15, 0.2) is 5.13 Å². The van der Waals surface area contributed by atoms with Gasteiger partial charge in [-0.25, -0.2) is 9.97 Å². The average Bonchev–Trinajstić information content (AvgIpc) is 3.75. The van der Waals surface area contributed by atoms with Crippen molar-refractivity contribution < 1.29 is 24.3 Å². The summed E-state index contributed by atoms with van der Waals surface area (Å²) in [6.07, 6.45) is 6.54. The zero-order chi connectivity index (χ0) is 28.5. The molecule has 2 aliphatic heterocycles. The molecule has 2 atom stereocenters. The number of carbonyl (C=O) groups is 4. The summed E-state index contributed by atoms with van der Waals surface area (Å²) in [5.41, 5.74) is 3.22. The Morgan fingerprint density at radius 1 is 1.02 bits per heavy atom. The van der Waals surface area contributed by atoms with Crippen molar-refractivity contribution in [1.29, 1.82) is 0 Å². The van der Waals surface area contributed by atoms with E-state index in [1.807, 2.05) is 41.8 Å². The zero-order valence-electron chi connectivity index (χ0n) is 22.5. The van der Waals surface area contributed by atoms with Crippen LogP contribution in [-0.2, 0) is 19.2 Å². The van der Waals surface area contributed by atoms with Crippen molar-refractivity contribution in [2.24, 2.45) is 11.8 Å². The van der Waals surface area contributed by atoms with Crippen molar-refractivity contribution in [3.63, 3.8) is 0 Å². The lowest BCUT2D eigenvalue weighted by molar-refractivity contribution is -0.141. The summed E-state index contributed by atoms with van der Waals surface area (Å²) < 4.78 is 0. The molecule has 212 valence electrons. The normalized spacial score (nSPS) is 21.8. The molecule has 4 heterocycles. The van der Waals surface area contributed by atoms with E-state index >= 15 is 0 Å². The van der Waals surface area contributed by atoms with Crippen LogP contribution in [0.5, 0.6) is 0 Å². The summed E-state index contributed by atoms with van der Waals surface area (Å²) in [6, 6.07) is 11.0. The molecular formula is C30H31N5O5S. The van der Waals surface area contributed by atoms with Crippen LogP contribution in [0.2, 0.25) is 0 Å². The van der Waals surface area contributed by atoms with E-state index in [1.54, 1.807) is 11.1 Å². The first kappa shape index (κ1) is 27.1. The lowest BCUT2D eigenvalue weighted by Gasteiger charge is -2.29. The van der Waals surface area contributed by atoms with E-state index in [-0.39, 0.29) is 36.6 Å². The minimum atomic E-state index is -1.06. The third-order valence-corrected chi connectivity index (χ3v) is 9.15. The molecule has 2 unspecified atom stereocenters. The number of thiazole rings is 1. The fourth-order valence-corrected chi connectivity index (χ4v) is 7.13. The van der Waals surface area contributed by atoms with Crippen LogP contribution in [0.15, 0.2) is 48.0 Å². The van der Waals surface area contributed by atoms with Gasteiger partial charge in [-0.1, -0.05) is 37.1 Å². The maximum absolute atomic E-state index is 13.8. The van der Waals surface area contributed by atoms with Gasteiger partial charge in [-0.15, -0.1) is 11.3 Å². The highest BCUT2D eigenvalue weighted by Crippen LogP contribution is 2.38. The lowest BCUT2D eigenvalue weighted by atomic mass is 9.84. The van der Waals surface area contributed by atoms with Gasteiger partial charge in [0.05, 0.1) is 18.0 Å². The first-order valence-electron chi connectivity index (χ1n) is 14.0. The van der Waals surface area contributed by atoms with E-state index in [0.29, 0.717) is 29.6 Å². The second-order valence-electron chi connectivity index (χ2n) is 10.9. The predicted molar refractivity (Wildman–Crippen MR) is 154 cm³/mol. The molecule has 10 nitrogen and oxygen atoms in total. The van der Waals surface area contributed by atoms with Crippen molar-refractivity contribution in [1.82, 2.24) is 15.3 Å². The molecule has 6 rings (SSSR count). The van der Waals surface area contributed by atoms with Gasteiger partial charge in [0.25, 0.3) is 0 Å². The average molecular weight is 574 g/mol. The van der Waals surface area contributed by atoms with Crippen LogP contribution in [0.4, 0.5) is 10.9 Å². The van der Waals surface area contributed by atoms with Gasteiger partial charge in [-0.05, 0) is 42.9 Å². The third-order valence-electron chi connectivity index (χ3n) is 8.28. The topological polar surface area (TPSA) is 133 Å². The molecule has 2 N–H and O–H groups in total. The number of nitrogens with one attached hydrogen (secondary N) is 1. The summed E-state index contributed by atoms with van der Waals surface area (Å²) in [7, 11) is 0. The minimum absolute atomic E-state index is 0.0811. The SMILES string of the molecule is O=C(O)CC1C(=O)N(c2nc(-c3ccccc3-c3ccc(N4CCCC4=O)nc3)cs2)CC(=O)NC1C1CCCC1. The smallest absolute Gasteiger partial charge is 0.304 e. The Labute approximate surface area is 241 Å². The Morgan fingerprint density at radius 2 is 1.80 bits per heavy atom. The highest BCUT2D eigenvalue weighted by Gasteiger charge is 2.43. The third kappa shape index (κ3) is 5.46. The van der Waals surface area contributed by atoms with E-state index in [1.165, 1.54) is 16.2 Å². The number of carbonyl (C=O) groups excluding carboxylic acids is 3. The number of carboxylic acid groups (broad SMARTS) is 1. The van der Waals surface area contributed by atoms with Crippen LogP contribution in [0.3, 0.4) is 0 Å². The molecule has 11 heteroatoms. The van der Waals surface area contributed by atoms with Crippen molar-refractivity contribution in [3.8, 4) is 22.4 Å². The molecule has 3 amide bonds. The van der Waals surface area contributed by atoms with E-state index in [2.05, 4.69) is 10.3 Å². The van der Waals surface area contributed by atoms with Crippen molar-refractivity contribution in [2.75, 3.05) is 22.9 Å². The minimum Gasteiger partial charge on any atom is -0.481 e. The van der Waals surface area contributed by atoms with E-state index in [0.717, 1.165) is 48.8 Å². The molecule has 1 aromatic carbocycles. The Morgan fingerprint density at radius 3 is 2.49 bits per heavy atom. The fraction of sp³-hybridized carbons (Fsp3) is 0.400. The second-order valence-corrected chi connectivity index (χ2v) is 11.7. The second kappa shape index (κ2) is 11.4. The molecule has 1 aliphatic carbocycles. The van der Waals surface area contributed by atoms with Crippen LogP contribution >= 0.6 is 11.3 Å². The van der Waals surface area contributed by atoms with Crippen molar-refractivity contribution >= 4 is 46.0 Å². The highest BCUT2D eigenvalue weighted by atomic mass is 32.1. The number of carboxylic acids is 1. The number of hydrogen-bond donors (Lipinski definition) is 2. The first-order chi connectivity index (χ1) is 19.9. The molecule has 3 aromatic rings. The Bertz CT molecular complexity index is 1480. The van der Waals surface area contributed by atoms with E-state index < -0.39 is 17.9 Å². The molecule has 0 spiro atoms. The van der Waals surface area contributed by atoms with Gasteiger partial charge in [-0.2, -0.15) is 0 Å². The van der Waals surface area contributed by atoms with Crippen LogP contribution in [0, 0.1) is 11.8 Å². The summed E-state index contributed by atoms with van der Waals surface area (Å²) in [5, 5.41) is 14.8. The van der Waals surface area contributed by atoms with Crippen LogP contribution in [-0.4, -0.2) is 57.9 Å². The maximum atomic E-state index is 13.8. The molecule has 3 aliphatic rings. The van der Waals surface area contributed by atoms with Gasteiger partial charge in [0.2, 0.25) is 17.7 Å². The summed E-state index contributed by atoms with van der Waals surface area (Å²) in [5.74, 6) is -1.80. The summed E-state index contributed by atoms with van der Waals surface area (Å²) >= 11 is 1.25. The van der Waals surface area contributed by atoms with Gasteiger partial charge in [0.1, 0.15) is 12.4 Å².